The monoisotopic (exact) mass is 498 g/mol. The van der Waals surface area contributed by atoms with Gasteiger partial charge < -0.3 is 14.8 Å². The lowest BCUT2D eigenvalue weighted by Crippen LogP contribution is -2.10. The van der Waals surface area contributed by atoms with Crippen LogP contribution in [0.25, 0.3) is 5.52 Å². The molecule has 0 bridgehead atoms. The Morgan fingerprint density at radius 1 is 1.03 bits per heavy atom. The minimum absolute atomic E-state index is 0.0345. The highest BCUT2D eigenvalue weighted by Crippen LogP contribution is 2.27. The van der Waals surface area contributed by atoms with Gasteiger partial charge in [0.15, 0.2) is 11.5 Å². The number of nitrogens with one attached hydrogen (secondary N) is 1. The number of nitrogens with zero attached hydrogens (tertiary/aromatic N) is 3. The molecule has 4 rings (SSSR count). The molecule has 0 unspecified atom stereocenters. The molecule has 0 fully saturated rings. The lowest BCUT2D eigenvalue weighted by molar-refractivity contribution is 0.0593. The summed E-state index contributed by atoms with van der Waals surface area (Å²) < 4.78 is 11.5. The predicted octanol–water partition coefficient (Wildman–Crippen LogP) is 4.87. The van der Waals surface area contributed by atoms with Gasteiger partial charge in [0.2, 0.25) is 0 Å². The highest BCUT2D eigenvalue weighted by Gasteiger charge is 2.20. The number of ketones is 1. The summed E-state index contributed by atoms with van der Waals surface area (Å²) in [7, 11) is 2.88. The second-order valence-corrected chi connectivity index (χ2v) is 8.15. The van der Waals surface area contributed by atoms with Crippen LogP contribution in [0.15, 0.2) is 54.9 Å². The molecule has 0 spiro atoms. The van der Waals surface area contributed by atoms with Crippen molar-refractivity contribution in [1.29, 1.82) is 0 Å². The van der Waals surface area contributed by atoms with Crippen LogP contribution in [0.4, 0.5) is 5.82 Å². The van der Waals surface area contributed by atoms with Gasteiger partial charge in [-0.25, -0.2) is 9.31 Å². The number of methoxy groups -OCH3 is 2. The maximum atomic E-state index is 13.2. The van der Waals surface area contributed by atoms with Crippen molar-refractivity contribution in [3.05, 3.63) is 87.3 Å². The molecule has 34 heavy (non-hydrogen) atoms. The van der Waals surface area contributed by atoms with Crippen LogP contribution in [0.2, 0.25) is 10.0 Å². The number of halogens is 2. The van der Waals surface area contributed by atoms with Crippen molar-refractivity contribution < 1.29 is 19.1 Å². The van der Waals surface area contributed by atoms with Crippen molar-refractivity contribution in [3.63, 3.8) is 0 Å². The van der Waals surface area contributed by atoms with E-state index >= 15 is 0 Å². The Morgan fingerprint density at radius 2 is 1.74 bits per heavy atom. The number of rotatable bonds is 8. The molecule has 0 atom stereocenters. The summed E-state index contributed by atoms with van der Waals surface area (Å²) in [6, 6.07) is 12.5. The zero-order chi connectivity index (χ0) is 24.2. The van der Waals surface area contributed by atoms with Crippen molar-refractivity contribution in [2.75, 3.05) is 19.5 Å². The van der Waals surface area contributed by atoms with E-state index in [1.54, 1.807) is 19.2 Å². The molecular formula is C24H20Cl2N4O4. The fourth-order valence-corrected chi connectivity index (χ4v) is 3.95. The molecule has 1 N–H and O–H groups in total. The van der Waals surface area contributed by atoms with Crippen molar-refractivity contribution >= 4 is 46.3 Å². The third-order valence-electron chi connectivity index (χ3n) is 5.24. The van der Waals surface area contributed by atoms with Crippen LogP contribution in [0.1, 0.15) is 32.0 Å². The molecule has 3 aromatic heterocycles. The summed E-state index contributed by atoms with van der Waals surface area (Å²) >= 11 is 12.4. The topological polar surface area (TPSA) is 94.8 Å². The van der Waals surface area contributed by atoms with Crippen molar-refractivity contribution in [3.8, 4) is 5.75 Å². The number of carbonyl (C=O) groups excluding carboxylic acids is 2. The van der Waals surface area contributed by atoms with Gasteiger partial charge in [-0.3, -0.25) is 9.78 Å². The highest BCUT2D eigenvalue weighted by molar-refractivity contribution is 6.36. The van der Waals surface area contributed by atoms with E-state index in [0.717, 1.165) is 11.3 Å². The summed E-state index contributed by atoms with van der Waals surface area (Å²) in [6.07, 6.45) is 2.84. The molecule has 4 aromatic rings. The first-order valence-corrected chi connectivity index (χ1v) is 11.0. The van der Waals surface area contributed by atoms with Gasteiger partial charge in [0, 0.05) is 36.5 Å². The Balaban J connectivity index is 1.68. The molecule has 0 amide bonds. The normalized spacial score (nSPS) is 10.8. The van der Waals surface area contributed by atoms with Crippen molar-refractivity contribution in [2.24, 2.45) is 0 Å². The van der Waals surface area contributed by atoms with E-state index in [2.05, 4.69) is 15.4 Å². The van der Waals surface area contributed by atoms with Crippen molar-refractivity contribution in [1.82, 2.24) is 14.6 Å². The van der Waals surface area contributed by atoms with Crippen LogP contribution in [0, 0.1) is 0 Å². The largest absolute Gasteiger partial charge is 0.497 e. The zero-order valence-corrected chi connectivity index (χ0v) is 19.9. The maximum absolute atomic E-state index is 13.2. The predicted molar refractivity (Wildman–Crippen MR) is 129 cm³/mol. The number of Topliss-reactive ketones (excluding diaryl/α,β-unsaturated/α-hetero) is 1. The van der Waals surface area contributed by atoms with Crippen molar-refractivity contribution in [2.45, 2.75) is 13.0 Å². The molecule has 8 nitrogen and oxygen atoms in total. The van der Waals surface area contributed by atoms with Gasteiger partial charge in [0.05, 0.1) is 29.8 Å². The number of pyridine rings is 2. The lowest BCUT2D eigenvalue weighted by atomic mass is 10.0. The molecule has 0 radical (unpaired) electrons. The van der Waals surface area contributed by atoms with Crippen LogP contribution in [0.5, 0.6) is 5.75 Å². The SMILES string of the molecule is COC(=O)c1cc2c(C(=O)Cc3c(Cl)cncc3Cl)ccc(NCc3ccc(OC)cc3)n2n1. The quantitative estimate of drug-likeness (QED) is 0.273. The first kappa shape index (κ1) is 23.5. The Labute approximate surface area is 205 Å². The number of esters is 1. The first-order valence-electron chi connectivity index (χ1n) is 10.2. The molecule has 1 aromatic carbocycles. The molecular weight excluding hydrogens is 479 g/mol. The molecule has 174 valence electrons. The Kier molecular flexibility index (Phi) is 7.00. The third-order valence-corrected chi connectivity index (χ3v) is 5.89. The average Bonchev–Trinajstić information content (AvgIpc) is 3.30. The van der Waals surface area contributed by atoms with E-state index in [-0.39, 0.29) is 17.9 Å². The van der Waals surface area contributed by atoms with Crippen LogP contribution in [-0.4, -0.2) is 40.6 Å². The molecule has 0 aliphatic carbocycles. The summed E-state index contributed by atoms with van der Waals surface area (Å²) in [6.45, 7) is 0.488. The number of benzene rings is 1. The minimum atomic E-state index is -0.608. The summed E-state index contributed by atoms with van der Waals surface area (Å²) in [5.41, 5.74) is 2.38. The second-order valence-electron chi connectivity index (χ2n) is 7.33. The number of carbonyl (C=O) groups is 2. The van der Waals surface area contributed by atoms with Crippen LogP contribution in [0.3, 0.4) is 0 Å². The van der Waals surface area contributed by atoms with Gasteiger partial charge in [0.1, 0.15) is 11.6 Å². The molecule has 10 heteroatoms. The molecule has 0 aliphatic heterocycles. The molecule has 0 saturated carbocycles. The Bertz CT molecular complexity index is 1350. The fourth-order valence-electron chi connectivity index (χ4n) is 3.45. The lowest BCUT2D eigenvalue weighted by Gasteiger charge is -2.12. The number of aromatic nitrogens is 3. The minimum Gasteiger partial charge on any atom is -0.497 e. The van der Waals surface area contributed by atoms with Gasteiger partial charge in [0.25, 0.3) is 0 Å². The second kappa shape index (κ2) is 10.1. The smallest absolute Gasteiger partial charge is 0.358 e. The van der Waals surface area contributed by atoms with E-state index in [0.29, 0.717) is 39.1 Å². The van der Waals surface area contributed by atoms with E-state index < -0.39 is 5.97 Å². The van der Waals surface area contributed by atoms with Crippen LogP contribution >= 0.6 is 23.2 Å². The molecule has 0 saturated heterocycles. The van der Waals surface area contributed by atoms with Gasteiger partial charge in [-0.2, -0.15) is 5.10 Å². The van der Waals surface area contributed by atoms with Gasteiger partial charge in [-0.05, 0) is 35.9 Å². The first-order chi connectivity index (χ1) is 16.4. The number of anilines is 1. The number of fused-ring (bicyclic) bond motifs is 1. The summed E-state index contributed by atoms with van der Waals surface area (Å²) in [5.74, 6) is 0.511. The number of ether oxygens (including phenoxy) is 2. The Morgan fingerprint density at radius 3 is 2.38 bits per heavy atom. The van der Waals surface area contributed by atoms with E-state index in [1.807, 2.05) is 24.3 Å². The number of hydrogen-bond acceptors (Lipinski definition) is 7. The Hall–Kier alpha value is -3.62. The highest BCUT2D eigenvalue weighted by atomic mass is 35.5. The van der Waals surface area contributed by atoms with Crippen LogP contribution in [-0.2, 0) is 17.7 Å². The van der Waals surface area contributed by atoms with E-state index in [1.165, 1.54) is 30.1 Å². The van der Waals surface area contributed by atoms with Crippen LogP contribution < -0.4 is 10.1 Å². The standard InChI is InChI=1S/C24H20Cl2N4O4/c1-33-15-5-3-14(4-6-15)11-28-23-8-7-16(21-10-20(24(32)34-2)29-30(21)23)22(31)9-17-18(25)12-27-13-19(17)26/h3-8,10,12-13,28H,9,11H2,1-2H3. The van der Waals surface area contributed by atoms with Gasteiger partial charge in [-0.1, -0.05) is 35.3 Å². The molecule has 0 aliphatic rings. The van der Waals surface area contributed by atoms with E-state index in [9.17, 15) is 9.59 Å². The fraction of sp³-hybridized carbons (Fsp3) is 0.167. The number of hydrogen-bond donors (Lipinski definition) is 1. The summed E-state index contributed by atoms with van der Waals surface area (Å²) in [4.78, 5) is 29.3. The third kappa shape index (κ3) is 4.83. The average molecular weight is 499 g/mol. The van der Waals surface area contributed by atoms with E-state index in [4.69, 9.17) is 32.7 Å². The van der Waals surface area contributed by atoms with Gasteiger partial charge >= 0.3 is 5.97 Å². The maximum Gasteiger partial charge on any atom is 0.358 e. The molecule has 3 heterocycles. The van der Waals surface area contributed by atoms with Gasteiger partial charge in [-0.15, -0.1) is 0 Å². The zero-order valence-electron chi connectivity index (χ0n) is 18.3. The summed E-state index contributed by atoms with van der Waals surface area (Å²) in [5, 5.41) is 8.25.